The summed E-state index contributed by atoms with van der Waals surface area (Å²) in [5, 5.41) is 35.9. The SMILES string of the molecule is N[C@@H]1O[C@H]([C@@H](O)CO)[C@H](O)[C@H]1O. The van der Waals surface area contributed by atoms with E-state index in [0.717, 1.165) is 0 Å². The van der Waals surface area contributed by atoms with Gasteiger partial charge in [-0.25, -0.2) is 0 Å². The summed E-state index contributed by atoms with van der Waals surface area (Å²) < 4.78 is 4.81. The Kier molecular flexibility index (Phi) is 2.99. The van der Waals surface area contributed by atoms with Crippen LogP contribution in [0.5, 0.6) is 0 Å². The van der Waals surface area contributed by atoms with Crippen molar-refractivity contribution in [3.05, 3.63) is 0 Å². The minimum atomic E-state index is -1.25. The smallest absolute Gasteiger partial charge is 0.135 e. The van der Waals surface area contributed by atoms with Crippen molar-refractivity contribution >= 4 is 0 Å². The zero-order valence-electron chi connectivity index (χ0n) is 6.37. The van der Waals surface area contributed by atoms with Crippen molar-refractivity contribution < 1.29 is 25.2 Å². The van der Waals surface area contributed by atoms with E-state index in [1.807, 2.05) is 0 Å². The highest BCUT2D eigenvalue weighted by molar-refractivity contribution is 4.91. The molecule has 1 aliphatic heterocycles. The molecule has 1 aliphatic rings. The number of hydrogen-bond acceptors (Lipinski definition) is 6. The van der Waals surface area contributed by atoms with Gasteiger partial charge in [0, 0.05) is 0 Å². The fraction of sp³-hybridized carbons (Fsp3) is 1.00. The molecular weight excluding hydrogens is 166 g/mol. The van der Waals surface area contributed by atoms with Gasteiger partial charge in [-0.05, 0) is 0 Å². The summed E-state index contributed by atoms with van der Waals surface area (Å²) in [6.45, 7) is -0.541. The van der Waals surface area contributed by atoms with Crippen LogP contribution in [0.3, 0.4) is 0 Å². The van der Waals surface area contributed by atoms with Crippen molar-refractivity contribution in [1.82, 2.24) is 0 Å². The Hall–Kier alpha value is -0.240. The zero-order valence-corrected chi connectivity index (χ0v) is 6.37. The second-order valence-electron chi connectivity index (χ2n) is 2.80. The third-order valence-electron chi connectivity index (χ3n) is 1.90. The van der Waals surface area contributed by atoms with E-state index in [2.05, 4.69) is 0 Å². The Morgan fingerprint density at radius 2 is 1.92 bits per heavy atom. The average Bonchev–Trinajstić information content (AvgIpc) is 2.32. The Morgan fingerprint density at radius 1 is 1.33 bits per heavy atom. The van der Waals surface area contributed by atoms with E-state index in [1.54, 1.807) is 0 Å². The fourth-order valence-corrected chi connectivity index (χ4v) is 1.15. The molecule has 5 atom stereocenters. The maximum Gasteiger partial charge on any atom is 0.135 e. The molecule has 12 heavy (non-hydrogen) atoms. The first-order chi connectivity index (χ1) is 5.57. The van der Waals surface area contributed by atoms with E-state index in [1.165, 1.54) is 0 Å². The molecule has 6 heteroatoms. The van der Waals surface area contributed by atoms with Gasteiger partial charge in [-0.15, -0.1) is 0 Å². The van der Waals surface area contributed by atoms with Crippen molar-refractivity contribution in [1.29, 1.82) is 0 Å². The highest BCUT2D eigenvalue weighted by Gasteiger charge is 2.43. The molecule has 0 aliphatic carbocycles. The van der Waals surface area contributed by atoms with Crippen LogP contribution in [0.15, 0.2) is 0 Å². The van der Waals surface area contributed by atoms with Gasteiger partial charge in [-0.1, -0.05) is 0 Å². The van der Waals surface area contributed by atoms with Crippen LogP contribution < -0.4 is 5.73 Å². The van der Waals surface area contributed by atoms with Gasteiger partial charge in [0.15, 0.2) is 0 Å². The first-order valence-electron chi connectivity index (χ1n) is 3.64. The molecule has 0 spiro atoms. The standard InChI is InChI=1S/C6H13NO5/c7-6-4(11)3(10)5(12-6)2(9)1-8/h2-6,8-11H,1,7H2/t2-,3+,4+,5+,6+/m0/s1. The maximum absolute atomic E-state index is 9.20. The molecule has 6 nitrogen and oxygen atoms in total. The molecule has 6 N–H and O–H groups in total. The molecule has 0 aromatic heterocycles. The van der Waals surface area contributed by atoms with Crippen molar-refractivity contribution in [2.24, 2.45) is 5.73 Å². The highest BCUT2D eigenvalue weighted by atomic mass is 16.6. The van der Waals surface area contributed by atoms with Crippen molar-refractivity contribution in [2.75, 3.05) is 6.61 Å². The van der Waals surface area contributed by atoms with Gasteiger partial charge in [-0.3, -0.25) is 0 Å². The van der Waals surface area contributed by atoms with Crippen LogP contribution in [0, 0.1) is 0 Å². The van der Waals surface area contributed by atoms with Crippen LogP contribution in [-0.2, 0) is 4.74 Å². The highest BCUT2D eigenvalue weighted by Crippen LogP contribution is 2.20. The first kappa shape index (κ1) is 9.85. The molecule has 72 valence electrons. The second-order valence-corrected chi connectivity index (χ2v) is 2.80. The number of rotatable bonds is 2. The van der Waals surface area contributed by atoms with Gasteiger partial charge in [0.05, 0.1) is 6.61 Å². The van der Waals surface area contributed by atoms with Crippen LogP contribution in [0.4, 0.5) is 0 Å². The molecule has 1 saturated heterocycles. The lowest BCUT2D eigenvalue weighted by Gasteiger charge is -2.18. The molecular formula is C6H13NO5. The maximum atomic E-state index is 9.20. The van der Waals surface area contributed by atoms with Crippen LogP contribution in [-0.4, -0.2) is 57.7 Å². The summed E-state index contributed by atoms with van der Waals surface area (Å²) in [5.74, 6) is 0. The quantitative estimate of drug-likeness (QED) is 0.304. The van der Waals surface area contributed by atoms with Crippen molar-refractivity contribution in [3.8, 4) is 0 Å². The summed E-state index contributed by atoms with van der Waals surface area (Å²) in [4.78, 5) is 0. The number of nitrogens with two attached hydrogens (primary N) is 1. The number of hydrogen-bond donors (Lipinski definition) is 5. The van der Waals surface area contributed by atoms with Crippen molar-refractivity contribution in [2.45, 2.75) is 30.6 Å². The van der Waals surface area contributed by atoms with Crippen LogP contribution >= 0.6 is 0 Å². The van der Waals surface area contributed by atoms with E-state index in [-0.39, 0.29) is 0 Å². The summed E-state index contributed by atoms with van der Waals surface area (Å²) in [6, 6.07) is 0. The van der Waals surface area contributed by atoms with E-state index in [9.17, 15) is 5.11 Å². The lowest BCUT2D eigenvalue weighted by molar-refractivity contribution is -0.0803. The van der Waals surface area contributed by atoms with E-state index in [0.29, 0.717) is 0 Å². The molecule has 0 saturated carbocycles. The van der Waals surface area contributed by atoms with Crippen LogP contribution in [0.25, 0.3) is 0 Å². The molecule has 0 bridgehead atoms. The van der Waals surface area contributed by atoms with Gasteiger partial charge >= 0.3 is 0 Å². The Morgan fingerprint density at radius 3 is 2.25 bits per heavy atom. The summed E-state index contributed by atoms with van der Waals surface area (Å²) >= 11 is 0. The largest absolute Gasteiger partial charge is 0.394 e. The Labute approximate surface area is 69.2 Å². The molecule has 1 rings (SSSR count). The molecule has 0 radical (unpaired) electrons. The monoisotopic (exact) mass is 179 g/mol. The van der Waals surface area contributed by atoms with E-state index in [4.69, 9.17) is 25.8 Å². The molecule has 0 unspecified atom stereocenters. The van der Waals surface area contributed by atoms with Gasteiger partial charge in [0.2, 0.25) is 0 Å². The summed E-state index contributed by atoms with van der Waals surface area (Å²) in [7, 11) is 0. The topological polar surface area (TPSA) is 116 Å². The predicted octanol–water partition coefficient (Wildman–Crippen LogP) is -3.25. The lowest BCUT2D eigenvalue weighted by atomic mass is 10.1. The predicted molar refractivity (Wildman–Crippen MR) is 38.0 cm³/mol. The van der Waals surface area contributed by atoms with Crippen LogP contribution in [0.1, 0.15) is 0 Å². The molecule has 0 amide bonds. The third-order valence-corrected chi connectivity index (χ3v) is 1.90. The second kappa shape index (κ2) is 3.65. The number of aliphatic hydroxyl groups is 4. The normalized spacial score (nSPS) is 44.8. The summed E-state index contributed by atoms with van der Waals surface area (Å²) in [5.41, 5.74) is 5.23. The van der Waals surface area contributed by atoms with Crippen LogP contribution in [0.2, 0.25) is 0 Å². The Bertz CT molecular complexity index is 155. The minimum absolute atomic E-state index is 0.541. The van der Waals surface area contributed by atoms with E-state index >= 15 is 0 Å². The fourth-order valence-electron chi connectivity index (χ4n) is 1.15. The average molecular weight is 179 g/mol. The third kappa shape index (κ3) is 1.58. The zero-order chi connectivity index (χ0) is 9.30. The minimum Gasteiger partial charge on any atom is -0.394 e. The Balaban J connectivity index is 2.58. The van der Waals surface area contributed by atoms with Gasteiger partial charge in [0.25, 0.3) is 0 Å². The van der Waals surface area contributed by atoms with Gasteiger partial charge in [0.1, 0.15) is 30.6 Å². The molecule has 0 aromatic rings. The van der Waals surface area contributed by atoms with Gasteiger partial charge < -0.3 is 30.9 Å². The van der Waals surface area contributed by atoms with Crippen molar-refractivity contribution in [3.63, 3.8) is 0 Å². The molecule has 1 fully saturated rings. The van der Waals surface area contributed by atoms with E-state index < -0.39 is 37.3 Å². The number of ether oxygens (including phenoxy) is 1. The van der Waals surface area contributed by atoms with Gasteiger partial charge in [-0.2, -0.15) is 0 Å². The first-order valence-corrected chi connectivity index (χ1v) is 3.64. The molecule has 0 aromatic carbocycles. The lowest BCUT2D eigenvalue weighted by Crippen LogP contribution is -2.40. The molecule has 1 heterocycles. The summed E-state index contributed by atoms with van der Waals surface area (Å²) in [6.07, 6.45) is -5.70. The number of aliphatic hydroxyl groups excluding tert-OH is 4.